The fourth-order valence-corrected chi connectivity index (χ4v) is 1.37. The van der Waals surface area contributed by atoms with Gasteiger partial charge in [-0.1, -0.05) is 6.08 Å². The van der Waals surface area contributed by atoms with Gasteiger partial charge in [-0.15, -0.1) is 0 Å². The topological polar surface area (TPSA) is 60.9 Å². The molecule has 1 aliphatic heterocycles. The van der Waals surface area contributed by atoms with Crippen molar-refractivity contribution in [2.75, 3.05) is 0 Å². The first kappa shape index (κ1) is 7.09. The van der Waals surface area contributed by atoms with Gasteiger partial charge in [0.25, 0.3) is 5.91 Å². The molecule has 2 N–H and O–H groups in total. The van der Waals surface area contributed by atoms with Crippen molar-refractivity contribution in [3.05, 3.63) is 23.5 Å². The highest BCUT2D eigenvalue weighted by Gasteiger charge is 2.14. The van der Waals surface area contributed by atoms with E-state index in [2.05, 4.69) is 5.10 Å². The lowest BCUT2D eigenvalue weighted by atomic mass is 10.1. The van der Waals surface area contributed by atoms with Crippen molar-refractivity contribution in [1.82, 2.24) is 9.78 Å². The van der Waals surface area contributed by atoms with Crippen molar-refractivity contribution in [3.8, 4) is 0 Å². The maximum absolute atomic E-state index is 10.9. The Bertz CT molecular complexity index is 351. The van der Waals surface area contributed by atoms with E-state index < -0.39 is 5.91 Å². The number of aromatic nitrogens is 2. The highest BCUT2D eigenvalue weighted by Crippen LogP contribution is 2.15. The zero-order chi connectivity index (χ0) is 8.55. The number of carbonyl (C=O) groups is 1. The molecule has 12 heavy (non-hydrogen) atoms. The summed E-state index contributed by atoms with van der Waals surface area (Å²) in [5, 5.41) is 4.01. The van der Waals surface area contributed by atoms with Gasteiger partial charge in [-0.3, -0.25) is 4.79 Å². The van der Waals surface area contributed by atoms with Crippen LogP contribution >= 0.6 is 0 Å². The molecule has 0 saturated carbocycles. The lowest BCUT2D eigenvalue weighted by molar-refractivity contribution is 0.0999. The fraction of sp³-hybridized carbons (Fsp3) is 0.250. The van der Waals surface area contributed by atoms with Gasteiger partial charge in [0, 0.05) is 6.20 Å². The van der Waals surface area contributed by atoms with E-state index in [0.29, 0.717) is 5.56 Å². The Morgan fingerprint density at radius 3 is 3.25 bits per heavy atom. The smallest absolute Gasteiger partial charge is 0.252 e. The highest BCUT2D eigenvalue weighted by atomic mass is 16.1. The molecule has 0 radical (unpaired) electrons. The van der Waals surface area contributed by atoms with Gasteiger partial charge in [0.1, 0.15) is 0 Å². The Morgan fingerprint density at radius 2 is 2.50 bits per heavy atom. The van der Waals surface area contributed by atoms with E-state index in [4.69, 9.17) is 5.73 Å². The average Bonchev–Trinajstić information content (AvgIpc) is 2.47. The molecular formula is C8H9N3O. The second-order valence-electron chi connectivity index (χ2n) is 2.74. The normalized spacial score (nSPS) is 14.3. The Kier molecular flexibility index (Phi) is 1.46. The van der Waals surface area contributed by atoms with Gasteiger partial charge in [-0.2, -0.15) is 5.10 Å². The van der Waals surface area contributed by atoms with Crippen molar-refractivity contribution in [2.45, 2.75) is 12.8 Å². The van der Waals surface area contributed by atoms with Crippen LogP contribution in [0.4, 0.5) is 0 Å². The van der Waals surface area contributed by atoms with Crippen molar-refractivity contribution in [2.24, 2.45) is 5.73 Å². The van der Waals surface area contributed by atoms with Crippen LogP contribution < -0.4 is 5.73 Å². The number of nitrogens with zero attached hydrogens (tertiary/aromatic N) is 2. The third-order valence-corrected chi connectivity index (χ3v) is 1.96. The van der Waals surface area contributed by atoms with Crippen LogP contribution in [0, 0.1) is 0 Å². The monoisotopic (exact) mass is 163 g/mol. The second kappa shape index (κ2) is 2.48. The van der Waals surface area contributed by atoms with Crippen molar-refractivity contribution in [1.29, 1.82) is 0 Å². The molecule has 0 aliphatic carbocycles. The van der Waals surface area contributed by atoms with Crippen molar-refractivity contribution < 1.29 is 4.79 Å². The summed E-state index contributed by atoms with van der Waals surface area (Å²) in [4.78, 5) is 10.9. The summed E-state index contributed by atoms with van der Waals surface area (Å²) < 4.78 is 1.70. The van der Waals surface area contributed by atoms with Crippen LogP contribution in [-0.4, -0.2) is 15.7 Å². The maximum atomic E-state index is 10.9. The van der Waals surface area contributed by atoms with E-state index in [0.717, 1.165) is 18.5 Å². The number of carbonyl (C=O) groups excluding carboxylic acids is 1. The predicted octanol–water partition coefficient (Wildman–Crippen LogP) is 0.399. The number of rotatable bonds is 1. The molecule has 0 saturated heterocycles. The lowest BCUT2D eigenvalue weighted by Crippen LogP contribution is -2.14. The average molecular weight is 163 g/mol. The Morgan fingerprint density at radius 1 is 1.67 bits per heavy atom. The molecule has 0 atom stereocenters. The van der Waals surface area contributed by atoms with Crippen LogP contribution in [0.1, 0.15) is 22.5 Å². The summed E-state index contributed by atoms with van der Waals surface area (Å²) in [5.41, 5.74) is 6.63. The van der Waals surface area contributed by atoms with Gasteiger partial charge in [-0.25, -0.2) is 4.68 Å². The summed E-state index contributed by atoms with van der Waals surface area (Å²) in [7, 11) is 0. The Balaban J connectivity index is 2.53. The largest absolute Gasteiger partial charge is 0.365 e. The summed E-state index contributed by atoms with van der Waals surface area (Å²) in [6.45, 7) is 0. The van der Waals surface area contributed by atoms with Crippen LogP contribution in [0.25, 0.3) is 6.20 Å². The van der Waals surface area contributed by atoms with Crippen LogP contribution in [0.2, 0.25) is 0 Å². The standard InChI is InChI=1S/C8H9N3O/c9-8(12)6-5-10-11-4-2-1-3-7(6)11/h2,4-5H,1,3H2,(H2,9,12). The third kappa shape index (κ3) is 0.922. The van der Waals surface area contributed by atoms with E-state index in [1.807, 2.05) is 12.3 Å². The number of fused-ring (bicyclic) bond motifs is 1. The van der Waals surface area contributed by atoms with Gasteiger partial charge in [0.05, 0.1) is 17.5 Å². The molecule has 0 spiro atoms. The van der Waals surface area contributed by atoms with Crippen LogP contribution in [0.5, 0.6) is 0 Å². The SMILES string of the molecule is NC(=O)c1cnn2c1CCC=C2. The van der Waals surface area contributed by atoms with Gasteiger partial charge in [0.2, 0.25) is 0 Å². The molecule has 0 fully saturated rings. The minimum atomic E-state index is -0.397. The number of hydrogen-bond donors (Lipinski definition) is 1. The third-order valence-electron chi connectivity index (χ3n) is 1.96. The summed E-state index contributed by atoms with van der Waals surface area (Å²) >= 11 is 0. The molecule has 0 aromatic carbocycles. The zero-order valence-corrected chi connectivity index (χ0v) is 6.53. The molecular weight excluding hydrogens is 154 g/mol. The van der Waals surface area contributed by atoms with Gasteiger partial charge in [-0.05, 0) is 12.8 Å². The molecule has 1 aromatic rings. The number of amides is 1. The van der Waals surface area contributed by atoms with Crippen molar-refractivity contribution >= 4 is 12.1 Å². The Labute approximate surface area is 69.7 Å². The van der Waals surface area contributed by atoms with E-state index in [1.165, 1.54) is 6.20 Å². The Hall–Kier alpha value is -1.58. The minimum Gasteiger partial charge on any atom is -0.365 e. The van der Waals surface area contributed by atoms with Crippen LogP contribution in [0.15, 0.2) is 12.3 Å². The zero-order valence-electron chi connectivity index (χ0n) is 6.53. The molecule has 2 rings (SSSR count). The van der Waals surface area contributed by atoms with Crippen LogP contribution in [0.3, 0.4) is 0 Å². The molecule has 4 heteroatoms. The quantitative estimate of drug-likeness (QED) is 0.651. The molecule has 1 aliphatic rings. The lowest BCUT2D eigenvalue weighted by Gasteiger charge is -2.07. The first-order chi connectivity index (χ1) is 5.79. The minimum absolute atomic E-state index is 0.397. The number of hydrogen-bond acceptors (Lipinski definition) is 2. The van der Waals surface area contributed by atoms with Gasteiger partial charge in [0.15, 0.2) is 0 Å². The van der Waals surface area contributed by atoms with E-state index >= 15 is 0 Å². The molecule has 62 valence electrons. The van der Waals surface area contributed by atoms with E-state index in [1.54, 1.807) is 4.68 Å². The summed E-state index contributed by atoms with van der Waals surface area (Å²) in [6.07, 6.45) is 7.18. The maximum Gasteiger partial charge on any atom is 0.252 e. The molecule has 0 unspecified atom stereocenters. The summed E-state index contributed by atoms with van der Waals surface area (Å²) in [5.74, 6) is -0.397. The molecule has 0 bridgehead atoms. The van der Waals surface area contributed by atoms with Crippen LogP contribution in [-0.2, 0) is 6.42 Å². The number of allylic oxidation sites excluding steroid dienone is 1. The van der Waals surface area contributed by atoms with Gasteiger partial charge < -0.3 is 5.73 Å². The molecule has 4 nitrogen and oxygen atoms in total. The predicted molar refractivity (Wildman–Crippen MR) is 44.4 cm³/mol. The van der Waals surface area contributed by atoms with Gasteiger partial charge >= 0.3 is 0 Å². The molecule has 1 aromatic heterocycles. The van der Waals surface area contributed by atoms with E-state index in [-0.39, 0.29) is 0 Å². The molecule has 2 heterocycles. The number of nitrogens with two attached hydrogens (primary N) is 1. The second-order valence-corrected chi connectivity index (χ2v) is 2.74. The number of primary amides is 1. The van der Waals surface area contributed by atoms with Crippen molar-refractivity contribution in [3.63, 3.8) is 0 Å². The fourth-order valence-electron chi connectivity index (χ4n) is 1.37. The first-order valence-corrected chi connectivity index (χ1v) is 3.82. The molecule has 1 amide bonds. The first-order valence-electron chi connectivity index (χ1n) is 3.82. The highest BCUT2D eigenvalue weighted by molar-refractivity contribution is 5.93. The summed E-state index contributed by atoms with van der Waals surface area (Å²) in [6, 6.07) is 0. The van der Waals surface area contributed by atoms with E-state index in [9.17, 15) is 4.79 Å².